The molecule has 17 rings (SSSR count). The lowest BCUT2D eigenvalue weighted by atomic mass is 9.43. The molecule has 726 valence electrons. The maximum absolute atomic E-state index is 15.2. The number of aliphatic hydroxyl groups is 2. The number of halogens is 6. The molecule has 7 aromatic rings. The maximum atomic E-state index is 15.2. The minimum Gasteiger partial charge on any atom is -0.461 e. The number of nitrogens with one attached hydrogen (secondary N) is 2. The van der Waals surface area contributed by atoms with Crippen LogP contribution in [0.5, 0.6) is 0 Å². The average Bonchev–Trinajstić information content (AvgIpc) is 1.39. The molecule has 136 heavy (non-hydrogen) atoms. The van der Waals surface area contributed by atoms with Crippen LogP contribution in [0.15, 0.2) is 121 Å². The average molecular weight is 1870 g/mol. The first-order chi connectivity index (χ1) is 64.7. The van der Waals surface area contributed by atoms with Gasteiger partial charge in [0.1, 0.15) is 37.6 Å². The number of hydrogen-bond acceptors (Lipinski definition) is 16. The molecule has 22 atom stereocenters. The number of aromatic nitrogens is 4. The van der Waals surface area contributed by atoms with E-state index < -0.39 is 94.5 Å². The van der Waals surface area contributed by atoms with Crippen LogP contribution < -0.4 is 0 Å². The summed E-state index contributed by atoms with van der Waals surface area (Å²) in [5.74, 6) is -9.14. The van der Waals surface area contributed by atoms with Crippen LogP contribution in [-0.2, 0) is 73.7 Å². The second-order valence-corrected chi connectivity index (χ2v) is 42.4. The molecule has 4 aromatic carbocycles. The third-order valence-corrected chi connectivity index (χ3v) is 35.8. The van der Waals surface area contributed by atoms with E-state index in [1.807, 2.05) is 125 Å². The summed E-state index contributed by atoms with van der Waals surface area (Å²) < 4.78 is 123. The van der Waals surface area contributed by atoms with Crippen molar-refractivity contribution in [3.8, 4) is 22.3 Å². The molecule has 4 N–H and O–H groups in total. The van der Waals surface area contributed by atoms with E-state index in [1.54, 1.807) is 12.1 Å². The molecule has 0 spiro atoms. The number of fused-ring (bicyclic) bond motifs is 18. The summed E-state index contributed by atoms with van der Waals surface area (Å²) in [7, 11) is 0. The van der Waals surface area contributed by atoms with Gasteiger partial charge in [-0.1, -0.05) is 154 Å². The quantitative estimate of drug-likeness (QED) is 0.0249. The summed E-state index contributed by atoms with van der Waals surface area (Å²) >= 11 is 0. The highest BCUT2D eigenvalue weighted by molar-refractivity contribution is 6.05. The number of rotatable bonds is 24. The first kappa shape index (κ1) is 97.4. The molecule has 18 nitrogen and oxygen atoms in total. The van der Waals surface area contributed by atoms with E-state index in [-0.39, 0.29) is 122 Å². The van der Waals surface area contributed by atoms with Gasteiger partial charge in [-0.3, -0.25) is 9.59 Å². The van der Waals surface area contributed by atoms with E-state index >= 15 is 9.59 Å². The number of benzene rings is 4. The molecule has 2 aliphatic heterocycles. The third kappa shape index (κ3) is 17.8. The smallest absolute Gasteiger partial charge is 0.461 e. The highest BCUT2D eigenvalue weighted by Crippen LogP contribution is 2.72. The highest BCUT2D eigenvalue weighted by Gasteiger charge is 2.70. The van der Waals surface area contributed by atoms with Gasteiger partial charge in [-0.25, -0.2) is 29.1 Å². The van der Waals surface area contributed by atoms with E-state index in [4.69, 9.17) is 38.4 Å². The van der Waals surface area contributed by atoms with Gasteiger partial charge in [0.25, 0.3) is 0 Å². The first-order valence-electron chi connectivity index (χ1n) is 49.9. The van der Waals surface area contributed by atoms with E-state index in [1.165, 1.54) is 0 Å². The molecule has 3 aromatic heterocycles. The fourth-order valence-corrected chi connectivity index (χ4v) is 28.8. The number of carbonyl (C=O) groups is 6. The molecule has 10 aliphatic rings. The van der Waals surface area contributed by atoms with Gasteiger partial charge >= 0.3 is 48.2 Å². The van der Waals surface area contributed by atoms with Crippen LogP contribution in [0, 0.1) is 107 Å². The molecule has 0 radical (unpaired) electrons. The van der Waals surface area contributed by atoms with Crippen molar-refractivity contribution in [3.63, 3.8) is 0 Å². The second kappa shape index (κ2) is 38.2. The molecular formula is C112H132F6N4O14. The fraction of sp³-hybridized carbons (Fsp3) is 0.554. The number of alkyl halides is 6. The predicted octanol–water partition coefficient (Wildman–Crippen LogP) is 24.9. The van der Waals surface area contributed by atoms with Gasteiger partial charge in [-0.15, -0.1) is 0 Å². The van der Waals surface area contributed by atoms with Gasteiger partial charge in [0.2, 0.25) is 0 Å². The summed E-state index contributed by atoms with van der Waals surface area (Å²) in [5.41, 5.74) is 16.8. The van der Waals surface area contributed by atoms with Crippen molar-refractivity contribution in [3.05, 3.63) is 189 Å². The molecule has 8 bridgehead atoms. The van der Waals surface area contributed by atoms with Crippen molar-refractivity contribution < 1.29 is 93.7 Å². The molecule has 0 unspecified atom stereocenters. The Balaban J connectivity index is 0.639. The topological polar surface area (TPSA) is 256 Å². The van der Waals surface area contributed by atoms with Gasteiger partial charge in [0.15, 0.2) is 0 Å². The number of ether oxygens (including phenoxy) is 6. The zero-order valence-electron chi connectivity index (χ0n) is 80.9. The number of nitrogens with zero attached hydrogens (tertiary/aromatic N) is 2. The van der Waals surface area contributed by atoms with Crippen molar-refractivity contribution in [1.29, 1.82) is 0 Å². The molecule has 8 aliphatic carbocycles. The Morgan fingerprint density at radius 2 is 0.846 bits per heavy atom. The van der Waals surface area contributed by atoms with Gasteiger partial charge in [0, 0.05) is 45.8 Å². The molecule has 8 saturated carbocycles. The van der Waals surface area contributed by atoms with Crippen molar-refractivity contribution in [2.75, 3.05) is 0 Å². The van der Waals surface area contributed by atoms with E-state index in [2.05, 4.69) is 91.3 Å². The number of allylic oxidation sites excluding steroid dienone is 4. The number of H-pyrrole nitrogens is 2. The normalized spacial score (nSPS) is 30.0. The summed E-state index contributed by atoms with van der Waals surface area (Å²) in [4.78, 5) is 102. The van der Waals surface area contributed by atoms with Gasteiger partial charge in [0.05, 0.1) is 57.1 Å². The number of carbonyl (C=O) groups excluding carboxylic acids is 6. The number of aliphatic hydroxyl groups excluding tert-OH is 2. The minimum atomic E-state index is -5.24. The second-order valence-electron chi connectivity index (χ2n) is 42.4. The minimum absolute atomic E-state index is 0.110. The van der Waals surface area contributed by atoms with Crippen molar-refractivity contribution in [1.82, 2.24) is 19.9 Å². The zero-order chi connectivity index (χ0) is 96.9. The standard InChI is InChI=1S/C112H132F6N4O14/c1-15-75-61(7)99-95(67-31-25-33-69(47-67)103(127)133-73-43-45-107(11)71(49-73)51-89(123)97-81-39-37-79(59(5)35-41-93(125)131-57-65-27-21-19-22-28-65)109(81,13)91(53-83(97)107)135-105(129)111(113,114)115)100-63(9)77(17-3)87(121-100)56-88-78(18-4)64(10)102(122-88)96(101-62(8)76(16-2)86(120-101)55-85(75)119-99)68-32-26-34-70(48-68)104(128)134-74-44-46-108(12)72(50-74)52-90(124)98-82-40-38-80(60(6)36-42-94(126)132-58-66-29-23-20-24-30-66)110(82,14)92(54-84(98)108)136-106(130)112(116,117)118/h19-34,47-48,55-56,59-60,71-74,79-84,89-92,97-98,119,122-124H,15-18,35-46,49-54,57-58H2,1-14H3/t59-,60-,71+,72+,73-,74-,79-,80-,81+,82+,83+,84+,89-,90-,91+,92+,97+,98+,107+,108+,109-,110-/m1/s1. The predicted molar refractivity (Wildman–Crippen MR) is 509 cm³/mol. The molecular weight excluding hydrogens is 1740 g/mol. The maximum Gasteiger partial charge on any atom is 0.490 e. The third-order valence-electron chi connectivity index (χ3n) is 35.8. The van der Waals surface area contributed by atoms with Crippen LogP contribution in [0.4, 0.5) is 26.3 Å². The van der Waals surface area contributed by atoms with Gasteiger partial charge < -0.3 is 48.6 Å². The lowest BCUT2D eigenvalue weighted by Gasteiger charge is -2.64. The Bertz CT molecular complexity index is 5660. The van der Waals surface area contributed by atoms with Crippen LogP contribution in [0.3, 0.4) is 0 Å². The van der Waals surface area contributed by atoms with E-state index in [0.717, 1.165) is 123 Å². The number of aryl methyl sites for hydroxylation is 4. The van der Waals surface area contributed by atoms with Crippen LogP contribution in [0.1, 0.15) is 288 Å². The molecule has 24 heteroatoms. The lowest BCUT2D eigenvalue weighted by Crippen LogP contribution is -2.63. The summed E-state index contributed by atoms with van der Waals surface area (Å²) in [6, 6.07) is 38.0. The number of aromatic amines is 2. The SMILES string of the molecule is CCC1=C(C)c2nc1cc1[nH]c(c(C)c1CC)c(-c1cccc(C(=O)O[C@@H]3CC[C@@]4(C)[C@@H](C3)C[C@@H](O)[C@@H]3[C@@H]4C[C@H](OC(=O)C(F)(F)F)[C@]4(C)[C@@H]([C@H](C)CCC(=O)OCc5ccccc5)CC[C@@H]34)c1)c1nc(cc3[nH]c(c(C)c3CC)c2-c2cccc(C(=O)O[C@@H]3CC[C@@]4(C)[C@@H](C3)C[C@@H](O)[C@@H]3[C@@H]4C[C@H](OC(=O)C(F)(F)F)[C@]4(C)[C@@H]([C@H](C)CCC(=O)OCc5ccccc5)CC[C@@H]34)c2)C(CC)=C1C. The molecule has 8 fully saturated rings. The summed E-state index contributed by atoms with van der Waals surface area (Å²) in [6.45, 7) is 29.4. The fourth-order valence-electron chi connectivity index (χ4n) is 28.8. The lowest BCUT2D eigenvalue weighted by molar-refractivity contribution is -0.239. The van der Waals surface area contributed by atoms with Crippen LogP contribution in [-0.4, -0.2) is 115 Å². The monoisotopic (exact) mass is 1870 g/mol. The molecule has 0 amide bonds. The van der Waals surface area contributed by atoms with Crippen LogP contribution in [0.2, 0.25) is 0 Å². The number of hydrogen-bond donors (Lipinski definition) is 4. The van der Waals surface area contributed by atoms with Crippen molar-refractivity contribution >= 4 is 80.2 Å². The largest absolute Gasteiger partial charge is 0.490 e. The van der Waals surface area contributed by atoms with Crippen molar-refractivity contribution in [2.24, 2.45) is 92.7 Å². The number of esters is 6. The van der Waals surface area contributed by atoms with Crippen LogP contribution in [0.25, 0.3) is 66.6 Å². The van der Waals surface area contributed by atoms with Gasteiger partial charge in [-0.2, -0.15) is 26.3 Å². The van der Waals surface area contributed by atoms with Gasteiger partial charge in [-0.05, 0) is 341 Å². The molecule has 0 saturated heterocycles. The first-order valence-corrected chi connectivity index (χ1v) is 49.9. The zero-order valence-corrected chi connectivity index (χ0v) is 80.9. The Morgan fingerprint density at radius 1 is 0.463 bits per heavy atom. The summed E-state index contributed by atoms with van der Waals surface area (Å²) in [6.07, 6.45) is -5.47. The van der Waals surface area contributed by atoms with E-state index in [0.29, 0.717) is 127 Å². The van der Waals surface area contributed by atoms with Crippen molar-refractivity contribution in [2.45, 2.75) is 300 Å². The van der Waals surface area contributed by atoms with E-state index in [9.17, 15) is 55.7 Å². The Hall–Kier alpha value is -10.2. The Labute approximate surface area is 793 Å². The Kier molecular flexibility index (Phi) is 27.4. The molecule has 5 heterocycles. The Morgan fingerprint density at radius 3 is 1.21 bits per heavy atom. The highest BCUT2D eigenvalue weighted by atomic mass is 19.4. The van der Waals surface area contributed by atoms with Crippen LogP contribution >= 0.6 is 0 Å². The summed E-state index contributed by atoms with van der Waals surface area (Å²) in [5, 5.41) is 25.2.